The van der Waals surface area contributed by atoms with Crippen molar-refractivity contribution in [1.29, 1.82) is 0 Å². The summed E-state index contributed by atoms with van der Waals surface area (Å²) in [6.07, 6.45) is 3.46. The summed E-state index contributed by atoms with van der Waals surface area (Å²) in [6.45, 7) is 0. The van der Waals surface area contributed by atoms with Gasteiger partial charge in [0, 0.05) is 31.6 Å². The zero-order valence-electron chi connectivity index (χ0n) is 7.84. The highest BCUT2D eigenvalue weighted by atomic mass is 16.1. The smallest absolute Gasteiger partial charge is 0.182 e. The normalized spacial score (nSPS) is 10.1. The second kappa shape index (κ2) is 3.46. The molecule has 14 heavy (non-hydrogen) atoms. The number of aryl methyl sites for hydroxylation is 1. The Morgan fingerprint density at radius 3 is 2.86 bits per heavy atom. The van der Waals surface area contributed by atoms with Crippen molar-refractivity contribution >= 4 is 0 Å². The molecule has 2 aromatic rings. The molecule has 2 rings (SSSR count). The van der Waals surface area contributed by atoms with E-state index in [9.17, 15) is 4.79 Å². The zero-order valence-corrected chi connectivity index (χ0v) is 7.84. The van der Waals surface area contributed by atoms with Crippen LogP contribution in [0.2, 0.25) is 0 Å². The summed E-state index contributed by atoms with van der Waals surface area (Å²) in [4.78, 5) is 15.4. The minimum Gasteiger partial charge on any atom is -0.349 e. The Bertz CT molecular complexity index is 488. The van der Waals surface area contributed by atoms with E-state index in [1.807, 2.05) is 29.8 Å². The first kappa shape index (κ1) is 8.69. The van der Waals surface area contributed by atoms with E-state index in [1.54, 1.807) is 18.5 Å². The summed E-state index contributed by atoms with van der Waals surface area (Å²) in [5, 5.41) is 0. The molecular formula is C11H10N2O. The van der Waals surface area contributed by atoms with Crippen LogP contribution in [0.1, 0.15) is 0 Å². The highest BCUT2D eigenvalue weighted by Crippen LogP contribution is 2.12. The minimum absolute atomic E-state index is 0.00348. The molecule has 0 amide bonds. The topological polar surface area (TPSA) is 34.9 Å². The van der Waals surface area contributed by atoms with Crippen LogP contribution in [0.25, 0.3) is 11.4 Å². The molecule has 0 unspecified atom stereocenters. The lowest BCUT2D eigenvalue weighted by Crippen LogP contribution is -2.05. The lowest BCUT2D eigenvalue weighted by atomic mass is 10.2. The van der Waals surface area contributed by atoms with Crippen LogP contribution in [0, 0.1) is 0 Å². The van der Waals surface area contributed by atoms with Gasteiger partial charge in [-0.15, -0.1) is 0 Å². The molecule has 3 nitrogen and oxygen atoms in total. The fraction of sp³-hybridized carbons (Fsp3) is 0.0909. The van der Waals surface area contributed by atoms with E-state index in [4.69, 9.17) is 0 Å². The van der Waals surface area contributed by atoms with E-state index in [1.165, 1.54) is 6.07 Å². The highest BCUT2D eigenvalue weighted by molar-refractivity contribution is 5.53. The quantitative estimate of drug-likeness (QED) is 0.675. The third-order valence-electron chi connectivity index (χ3n) is 2.05. The summed E-state index contributed by atoms with van der Waals surface area (Å²) in [5.41, 5.74) is 1.65. The van der Waals surface area contributed by atoms with Gasteiger partial charge in [-0.2, -0.15) is 0 Å². The van der Waals surface area contributed by atoms with E-state index in [2.05, 4.69) is 4.98 Å². The van der Waals surface area contributed by atoms with Crippen molar-refractivity contribution in [3.8, 4) is 11.4 Å². The molecule has 0 aliphatic rings. The summed E-state index contributed by atoms with van der Waals surface area (Å²) >= 11 is 0. The number of hydrogen-bond donors (Lipinski definition) is 0. The SMILES string of the molecule is Cn1ccc(=O)cc1-c1ccccn1. The van der Waals surface area contributed by atoms with Gasteiger partial charge in [-0.1, -0.05) is 6.07 Å². The molecule has 0 aliphatic heterocycles. The molecule has 2 heterocycles. The third kappa shape index (κ3) is 1.57. The number of aromatic nitrogens is 2. The van der Waals surface area contributed by atoms with Gasteiger partial charge < -0.3 is 4.57 Å². The fourth-order valence-corrected chi connectivity index (χ4v) is 1.32. The number of nitrogens with zero attached hydrogens (tertiary/aromatic N) is 2. The molecular weight excluding hydrogens is 176 g/mol. The molecule has 0 spiro atoms. The van der Waals surface area contributed by atoms with Crippen LogP contribution in [0.3, 0.4) is 0 Å². The number of pyridine rings is 2. The molecule has 2 aromatic heterocycles. The van der Waals surface area contributed by atoms with Gasteiger partial charge >= 0.3 is 0 Å². The van der Waals surface area contributed by atoms with Crippen LogP contribution in [-0.2, 0) is 7.05 Å². The zero-order chi connectivity index (χ0) is 9.97. The molecule has 0 saturated carbocycles. The van der Waals surface area contributed by atoms with Crippen molar-refractivity contribution in [2.75, 3.05) is 0 Å². The van der Waals surface area contributed by atoms with Crippen LogP contribution >= 0.6 is 0 Å². The Kier molecular flexibility index (Phi) is 2.14. The van der Waals surface area contributed by atoms with Crippen LogP contribution in [0.15, 0.2) is 47.5 Å². The van der Waals surface area contributed by atoms with E-state index in [0.29, 0.717) is 0 Å². The van der Waals surface area contributed by atoms with Crippen molar-refractivity contribution in [2.24, 2.45) is 7.05 Å². The van der Waals surface area contributed by atoms with Gasteiger partial charge in [0.2, 0.25) is 0 Å². The third-order valence-corrected chi connectivity index (χ3v) is 2.05. The van der Waals surface area contributed by atoms with E-state index >= 15 is 0 Å². The first-order valence-corrected chi connectivity index (χ1v) is 4.35. The molecule has 0 aliphatic carbocycles. The maximum absolute atomic E-state index is 11.2. The summed E-state index contributed by atoms with van der Waals surface area (Å²) in [7, 11) is 1.89. The Hall–Kier alpha value is -1.90. The molecule has 0 bridgehead atoms. The number of hydrogen-bond acceptors (Lipinski definition) is 2. The highest BCUT2D eigenvalue weighted by Gasteiger charge is 2.00. The van der Waals surface area contributed by atoms with Crippen molar-refractivity contribution in [1.82, 2.24) is 9.55 Å². The van der Waals surface area contributed by atoms with Gasteiger partial charge in [0.1, 0.15) is 0 Å². The van der Waals surface area contributed by atoms with Crippen molar-refractivity contribution < 1.29 is 0 Å². The molecule has 3 heteroatoms. The van der Waals surface area contributed by atoms with Crippen LogP contribution in [-0.4, -0.2) is 9.55 Å². The Labute approximate surface area is 81.7 Å². The number of rotatable bonds is 1. The van der Waals surface area contributed by atoms with Crippen LogP contribution in [0.4, 0.5) is 0 Å². The van der Waals surface area contributed by atoms with Crippen molar-refractivity contribution in [3.05, 3.63) is 52.9 Å². The summed E-state index contributed by atoms with van der Waals surface area (Å²) < 4.78 is 1.88. The largest absolute Gasteiger partial charge is 0.349 e. The van der Waals surface area contributed by atoms with Gasteiger partial charge in [-0.25, -0.2) is 0 Å². The molecule has 0 radical (unpaired) electrons. The molecule has 0 fully saturated rings. The molecule has 0 atom stereocenters. The van der Waals surface area contributed by atoms with E-state index < -0.39 is 0 Å². The van der Waals surface area contributed by atoms with Gasteiger partial charge in [-0.05, 0) is 12.1 Å². The molecule has 0 N–H and O–H groups in total. The summed E-state index contributed by atoms with van der Waals surface area (Å²) in [5.74, 6) is 0. The van der Waals surface area contributed by atoms with Crippen LogP contribution in [0.5, 0.6) is 0 Å². The first-order valence-electron chi connectivity index (χ1n) is 4.35. The average molecular weight is 186 g/mol. The average Bonchev–Trinajstić information content (AvgIpc) is 2.23. The van der Waals surface area contributed by atoms with E-state index in [-0.39, 0.29) is 5.43 Å². The lowest BCUT2D eigenvalue weighted by Gasteiger charge is -2.05. The fourth-order valence-electron chi connectivity index (χ4n) is 1.32. The second-order valence-electron chi connectivity index (χ2n) is 3.07. The first-order chi connectivity index (χ1) is 6.77. The second-order valence-corrected chi connectivity index (χ2v) is 3.07. The predicted octanol–water partition coefficient (Wildman–Crippen LogP) is 1.45. The standard InChI is InChI=1S/C11H10N2O/c1-13-7-5-9(14)8-11(13)10-4-2-3-6-12-10/h2-8H,1H3. The molecule has 0 saturated heterocycles. The Balaban J connectivity index is 2.62. The van der Waals surface area contributed by atoms with Gasteiger partial charge in [0.15, 0.2) is 5.43 Å². The van der Waals surface area contributed by atoms with Crippen LogP contribution < -0.4 is 5.43 Å². The van der Waals surface area contributed by atoms with Gasteiger partial charge in [0.25, 0.3) is 0 Å². The van der Waals surface area contributed by atoms with Gasteiger partial charge in [-0.3, -0.25) is 9.78 Å². The lowest BCUT2D eigenvalue weighted by molar-refractivity contribution is 0.904. The Morgan fingerprint density at radius 1 is 1.29 bits per heavy atom. The van der Waals surface area contributed by atoms with E-state index in [0.717, 1.165) is 11.4 Å². The monoisotopic (exact) mass is 186 g/mol. The summed E-state index contributed by atoms with van der Waals surface area (Å²) in [6, 6.07) is 8.76. The molecule has 70 valence electrons. The maximum atomic E-state index is 11.2. The predicted molar refractivity (Wildman–Crippen MR) is 54.9 cm³/mol. The minimum atomic E-state index is 0.00348. The van der Waals surface area contributed by atoms with Crippen molar-refractivity contribution in [3.63, 3.8) is 0 Å². The molecule has 0 aromatic carbocycles. The van der Waals surface area contributed by atoms with Crippen molar-refractivity contribution in [2.45, 2.75) is 0 Å². The Morgan fingerprint density at radius 2 is 2.14 bits per heavy atom. The van der Waals surface area contributed by atoms with Gasteiger partial charge in [0.05, 0.1) is 11.4 Å². The maximum Gasteiger partial charge on any atom is 0.182 e.